The molecule has 100 valence electrons. The van der Waals surface area contributed by atoms with E-state index in [2.05, 4.69) is 11.8 Å². The molecule has 1 unspecified atom stereocenters. The molecule has 0 spiro atoms. The fraction of sp³-hybridized carbons (Fsp3) is 0.467. The second-order valence-corrected chi connectivity index (χ2v) is 5.22. The van der Waals surface area contributed by atoms with Gasteiger partial charge in [-0.25, -0.2) is 0 Å². The van der Waals surface area contributed by atoms with E-state index in [1.54, 1.807) is 0 Å². The van der Waals surface area contributed by atoms with E-state index in [0.717, 1.165) is 5.56 Å². The van der Waals surface area contributed by atoms with E-state index in [-0.39, 0.29) is 12.7 Å². The molecule has 3 rings (SSSR count). The number of ether oxygens (including phenoxy) is 3. The van der Waals surface area contributed by atoms with Gasteiger partial charge in [0.05, 0.1) is 6.61 Å². The van der Waals surface area contributed by atoms with Crippen LogP contribution in [0.25, 0.3) is 0 Å². The zero-order valence-corrected chi connectivity index (χ0v) is 10.9. The van der Waals surface area contributed by atoms with Crippen LogP contribution in [0.15, 0.2) is 30.3 Å². The summed E-state index contributed by atoms with van der Waals surface area (Å²) in [5.74, 6) is 3.36. The molecule has 1 N–H and O–H groups in total. The summed E-state index contributed by atoms with van der Waals surface area (Å²) < 4.78 is 16.7. The molecule has 4 heteroatoms. The SMILES string of the molecule is CC1(C)O[C@@H]2[C@@H](COC2(O)C#Cc2ccccc2)O1. The first kappa shape index (κ1) is 12.6. The number of fused-ring (bicyclic) bond motifs is 1. The van der Waals surface area contributed by atoms with Gasteiger partial charge in [-0.2, -0.15) is 0 Å². The van der Waals surface area contributed by atoms with Crippen molar-refractivity contribution in [2.75, 3.05) is 6.61 Å². The Kier molecular flexibility index (Phi) is 2.88. The molecule has 19 heavy (non-hydrogen) atoms. The van der Waals surface area contributed by atoms with Crippen LogP contribution < -0.4 is 0 Å². The molecular formula is C15H16O4. The molecular weight excluding hydrogens is 244 g/mol. The highest BCUT2D eigenvalue weighted by atomic mass is 16.8. The molecule has 2 aliphatic heterocycles. The minimum Gasteiger partial charge on any atom is -0.353 e. The fourth-order valence-electron chi connectivity index (χ4n) is 2.37. The van der Waals surface area contributed by atoms with E-state index < -0.39 is 17.7 Å². The van der Waals surface area contributed by atoms with Crippen molar-refractivity contribution < 1.29 is 19.3 Å². The lowest BCUT2D eigenvalue weighted by molar-refractivity contribution is -0.233. The van der Waals surface area contributed by atoms with Crippen molar-refractivity contribution in [3.05, 3.63) is 35.9 Å². The van der Waals surface area contributed by atoms with Crippen molar-refractivity contribution in [3.63, 3.8) is 0 Å². The molecule has 0 aromatic heterocycles. The topological polar surface area (TPSA) is 47.9 Å². The van der Waals surface area contributed by atoms with E-state index in [4.69, 9.17) is 14.2 Å². The van der Waals surface area contributed by atoms with Crippen LogP contribution in [0.2, 0.25) is 0 Å². The molecule has 2 heterocycles. The molecule has 2 aliphatic rings. The molecule has 0 saturated carbocycles. The summed E-state index contributed by atoms with van der Waals surface area (Å²) in [6.07, 6.45) is -0.844. The van der Waals surface area contributed by atoms with Gasteiger partial charge in [-0.3, -0.25) is 0 Å². The van der Waals surface area contributed by atoms with Gasteiger partial charge < -0.3 is 19.3 Å². The minimum atomic E-state index is -1.60. The van der Waals surface area contributed by atoms with Crippen molar-refractivity contribution in [3.8, 4) is 11.8 Å². The van der Waals surface area contributed by atoms with Crippen LogP contribution in [0.5, 0.6) is 0 Å². The van der Waals surface area contributed by atoms with Gasteiger partial charge in [0.25, 0.3) is 5.79 Å². The number of hydrogen-bond donors (Lipinski definition) is 1. The van der Waals surface area contributed by atoms with Crippen molar-refractivity contribution >= 4 is 0 Å². The third-order valence-electron chi connectivity index (χ3n) is 3.20. The zero-order valence-electron chi connectivity index (χ0n) is 10.9. The highest BCUT2D eigenvalue weighted by Crippen LogP contribution is 2.39. The lowest BCUT2D eigenvalue weighted by atomic mass is 10.1. The van der Waals surface area contributed by atoms with Crippen molar-refractivity contribution in [1.29, 1.82) is 0 Å². The van der Waals surface area contributed by atoms with E-state index in [0.29, 0.717) is 0 Å². The van der Waals surface area contributed by atoms with Crippen LogP contribution >= 0.6 is 0 Å². The van der Waals surface area contributed by atoms with Crippen LogP contribution in [-0.2, 0) is 14.2 Å². The summed E-state index contributed by atoms with van der Waals surface area (Å²) in [5.41, 5.74) is 0.821. The summed E-state index contributed by atoms with van der Waals surface area (Å²) >= 11 is 0. The maximum Gasteiger partial charge on any atom is 0.261 e. The van der Waals surface area contributed by atoms with Gasteiger partial charge in [-0.05, 0) is 31.9 Å². The van der Waals surface area contributed by atoms with E-state index in [1.807, 2.05) is 44.2 Å². The molecule has 2 saturated heterocycles. The molecule has 0 aliphatic carbocycles. The lowest BCUT2D eigenvalue weighted by Crippen LogP contribution is -2.41. The first-order valence-corrected chi connectivity index (χ1v) is 6.29. The van der Waals surface area contributed by atoms with Crippen LogP contribution in [0.3, 0.4) is 0 Å². The van der Waals surface area contributed by atoms with E-state index in [9.17, 15) is 5.11 Å². The molecule has 4 nitrogen and oxygen atoms in total. The molecule has 1 aromatic carbocycles. The minimum absolute atomic E-state index is 0.273. The summed E-state index contributed by atoms with van der Waals surface area (Å²) in [6, 6.07) is 9.45. The Hall–Kier alpha value is -1.38. The van der Waals surface area contributed by atoms with Crippen LogP contribution in [0.1, 0.15) is 19.4 Å². The second-order valence-electron chi connectivity index (χ2n) is 5.22. The number of rotatable bonds is 0. The van der Waals surface area contributed by atoms with Gasteiger partial charge >= 0.3 is 0 Å². The molecule has 0 radical (unpaired) electrons. The van der Waals surface area contributed by atoms with Gasteiger partial charge in [0.15, 0.2) is 11.9 Å². The Balaban J connectivity index is 1.83. The zero-order chi connectivity index (χ0) is 13.5. The third-order valence-corrected chi connectivity index (χ3v) is 3.20. The first-order valence-electron chi connectivity index (χ1n) is 6.29. The predicted octanol–water partition coefficient (Wildman–Crippen LogP) is 1.28. The third kappa shape index (κ3) is 2.38. The van der Waals surface area contributed by atoms with Gasteiger partial charge in [-0.1, -0.05) is 24.1 Å². The molecule has 0 amide bonds. The molecule has 1 aromatic rings. The van der Waals surface area contributed by atoms with Gasteiger partial charge in [-0.15, -0.1) is 0 Å². The summed E-state index contributed by atoms with van der Waals surface area (Å²) in [4.78, 5) is 0. The van der Waals surface area contributed by atoms with Crippen molar-refractivity contribution in [2.45, 2.75) is 37.6 Å². The number of benzene rings is 1. The second kappa shape index (κ2) is 4.32. The standard InChI is InChI=1S/C15H16O4/c1-14(2)18-12-10-17-15(16,13(12)19-14)9-8-11-6-4-3-5-7-11/h3-7,12-13,16H,10H2,1-2H3/t12-,13-,15?/m1/s1. The first-order chi connectivity index (χ1) is 8.99. The van der Waals surface area contributed by atoms with Gasteiger partial charge in [0.2, 0.25) is 0 Å². The van der Waals surface area contributed by atoms with Gasteiger partial charge in [0, 0.05) is 5.56 Å². The average molecular weight is 260 g/mol. The van der Waals surface area contributed by atoms with E-state index in [1.165, 1.54) is 0 Å². The Morgan fingerprint density at radius 2 is 1.95 bits per heavy atom. The quantitative estimate of drug-likeness (QED) is 0.714. The highest BCUT2D eigenvalue weighted by molar-refractivity contribution is 5.36. The highest BCUT2D eigenvalue weighted by Gasteiger charge is 2.57. The van der Waals surface area contributed by atoms with E-state index >= 15 is 0 Å². The summed E-state index contributed by atoms with van der Waals surface area (Å²) in [5, 5.41) is 10.5. The predicted molar refractivity (Wildman–Crippen MR) is 68.0 cm³/mol. The average Bonchev–Trinajstić information content (AvgIpc) is 2.84. The lowest BCUT2D eigenvalue weighted by Gasteiger charge is -2.24. The normalized spacial score (nSPS) is 35.5. The number of aliphatic hydroxyl groups is 1. The molecule has 3 atom stereocenters. The summed E-state index contributed by atoms with van der Waals surface area (Å²) in [7, 11) is 0. The monoisotopic (exact) mass is 260 g/mol. The maximum absolute atomic E-state index is 10.5. The maximum atomic E-state index is 10.5. The smallest absolute Gasteiger partial charge is 0.261 e. The van der Waals surface area contributed by atoms with Crippen LogP contribution in [-0.4, -0.2) is 35.5 Å². The Morgan fingerprint density at radius 3 is 2.68 bits per heavy atom. The molecule has 0 bridgehead atoms. The molecule has 2 fully saturated rings. The Labute approximate surface area is 112 Å². The number of hydrogen-bond acceptors (Lipinski definition) is 4. The Morgan fingerprint density at radius 1 is 1.21 bits per heavy atom. The fourth-order valence-corrected chi connectivity index (χ4v) is 2.37. The van der Waals surface area contributed by atoms with Crippen LogP contribution in [0.4, 0.5) is 0 Å². The summed E-state index contributed by atoms with van der Waals surface area (Å²) in [6.45, 7) is 3.92. The van der Waals surface area contributed by atoms with Crippen molar-refractivity contribution in [2.24, 2.45) is 0 Å². The largest absolute Gasteiger partial charge is 0.353 e. The Bertz CT molecular complexity index is 528. The van der Waals surface area contributed by atoms with Gasteiger partial charge in [0.1, 0.15) is 6.10 Å². The van der Waals surface area contributed by atoms with Crippen LogP contribution in [0, 0.1) is 11.8 Å². The van der Waals surface area contributed by atoms with Crippen molar-refractivity contribution in [1.82, 2.24) is 0 Å².